The number of rotatable bonds is 1. The Morgan fingerprint density at radius 1 is 1.41 bits per heavy atom. The second-order valence-corrected chi connectivity index (χ2v) is 4.71. The quantitative estimate of drug-likeness (QED) is 0.803. The summed E-state index contributed by atoms with van der Waals surface area (Å²) >= 11 is 3.26. The van der Waals surface area contributed by atoms with E-state index < -0.39 is 0 Å². The molecule has 1 aromatic rings. The molecule has 1 saturated heterocycles. The van der Waals surface area contributed by atoms with E-state index >= 15 is 0 Å². The number of carbonyl (C=O) groups excluding carboxylic acids is 2. The molecule has 1 aromatic carbocycles. The minimum absolute atomic E-state index is 0.233. The molecule has 2 amide bonds. The molecule has 5 heteroatoms. The lowest BCUT2D eigenvalue weighted by Gasteiger charge is -2.21. The fourth-order valence-corrected chi connectivity index (χ4v) is 2.19. The van der Waals surface area contributed by atoms with Crippen LogP contribution in [0.4, 0.5) is 0 Å². The fourth-order valence-electron chi connectivity index (χ4n) is 1.86. The second-order valence-electron chi connectivity index (χ2n) is 3.85. The number of nitrogens with zero attached hydrogens (tertiary/aromatic N) is 1. The van der Waals surface area contributed by atoms with Gasteiger partial charge in [0.05, 0.1) is 11.5 Å². The fraction of sp³-hybridized carbons (Fsp3) is 0.250. The average Bonchev–Trinajstić information content (AvgIpc) is 2.30. The zero-order valence-electron chi connectivity index (χ0n) is 8.87. The van der Waals surface area contributed by atoms with Crippen molar-refractivity contribution in [2.45, 2.75) is 18.8 Å². The molecule has 0 bridgehead atoms. The molecule has 1 unspecified atom stereocenters. The first-order chi connectivity index (χ1) is 8.11. The van der Waals surface area contributed by atoms with E-state index in [1.807, 2.05) is 0 Å². The Bertz CT molecular complexity index is 534. The summed E-state index contributed by atoms with van der Waals surface area (Å²) in [6.07, 6.45) is 0.839. The van der Waals surface area contributed by atoms with E-state index in [4.69, 9.17) is 5.26 Å². The van der Waals surface area contributed by atoms with E-state index in [0.717, 1.165) is 5.56 Å². The third kappa shape index (κ3) is 2.37. The number of hydrogen-bond donors (Lipinski definition) is 1. The SMILES string of the molecule is N#Cc1cc(C2CCC(=O)NC2=O)ccc1Br. The molecule has 4 nitrogen and oxygen atoms in total. The van der Waals surface area contributed by atoms with E-state index in [2.05, 4.69) is 27.3 Å². The summed E-state index contributed by atoms with van der Waals surface area (Å²) < 4.78 is 0.705. The Hall–Kier alpha value is -1.67. The van der Waals surface area contributed by atoms with Gasteiger partial charge in [-0.1, -0.05) is 6.07 Å². The molecule has 1 aliphatic rings. The Kier molecular flexibility index (Phi) is 3.25. The van der Waals surface area contributed by atoms with Gasteiger partial charge in [0.25, 0.3) is 0 Å². The third-order valence-electron chi connectivity index (χ3n) is 2.75. The van der Waals surface area contributed by atoms with Gasteiger partial charge in [0.15, 0.2) is 0 Å². The van der Waals surface area contributed by atoms with Crippen LogP contribution in [0.3, 0.4) is 0 Å². The number of nitrogens with one attached hydrogen (secondary N) is 1. The smallest absolute Gasteiger partial charge is 0.234 e. The number of carbonyl (C=O) groups is 2. The summed E-state index contributed by atoms with van der Waals surface area (Å²) in [6, 6.07) is 7.28. The lowest BCUT2D eigenvalue weighted by Crippen LogP contribution is -2.39. The molecule has 2 rings (SSSR count). The van der Waals surface area contributed by atoms with Gasteiger partial charge in [-0.15, -0.1) is 0 Å². The van der Waals surface area contributed by atoms with Crippen molar-refractivity contribution >= 4 is 27.7 Å². The first kappa shape index (κ1) is 11.8. The lowest BCUT2D eigenvalue weighted by atomic mass is 9.90. The molecule has 1 atom stereocenters. The van der Waals surface area contributed by atoms with Crippen LogP contribution >= 0.6 is 15.9 Å². The van der Waals surface area contributed by atoms with Gasteiger partial charge < -0.3 is 0 Å². The summed E-state index contributed by atoms with van der Waals surface area (Å²) in [5, 5.41) is 11.2. The number of amides is 2. The summed E-state index contributed by atoms with van der Waals surface area (Å²) in [5.41, 5.74) is 1.27. The Morgan fingerprint density at radius 3 is 2.82 bits per heavy atom. The van der Waals surface area contributed by atoms with Crippen LogP contribution in [0.25, 0.3) is 0 Å². The minimum Gasteiger partial charge on any atom is -0.296 e. The van der Waals surface area contributed by atoms with Crippen molar-refractivity contribution in [3.8, 4) is 6.07 Å². The van der Waals surface area contributed by atoms with Crippen LogP contribution in [0.15, 0.2) is 22.7 Å². The van der Waals surface area contributed by atoms with Gasteiger partial charge in [-0.2, -0.15) is 5.26 Å². The van der Waals surface area contributed by atoms with Gasteiger partial charge in [0, 0.05) is 10.9 Å². The molecule has 1 N–H and O–H groups in total. The zero-order chi connectivity index (χ0) is 12.4. The van der Waals surface area contributed by atoms with Gasteiger partial charge >= 0.3 is 0 Å². The minimum atomic E-state index is -0.340. The molecule has 86 valence electrons. The maximum atomic E-state index is 11.7. The number of benzene rings is 1. The predicted octanol–water partition coefficient (Wildman–Crippen LogP) is 1.84. The van der Waals surface area contributed by atoms with Gasteiger partial charge in [-0.3, -0.25) is 14.9 Å². The Morgan fingerprint density at radius 2 is 2.18 bits per heavy atom. The van der Waals surface area contributed by atoms with Crippen molar-refractivity contribution in [2.24, 2.45) is 0 Å². The number of nitriles is 1. The first-order valence-electron chi connectivity index (χ1n) is 5.15. The van der Waals surface area contributed by atoms with E-state index in [-0.39, 0.29) is 17.7 Å². The van der Waals surface area contributed by atoms with Gasteiger partial charge in [0.1, 0.15) is 6.07 Å². The standard InChI is InChI=1S/C12H9BrN2O2/c13-10-3-1-7(5-8(10)6-14)9-2-4-11(16)15-12(9)17/h1,3,5,9H,2,4H2,(H,15,16,17). The molecule has 17 heavy (non-hydrogen) atoms. The highest BCUT2D eigenvalue weighted by atomic mass is 79.9. The Labute approximate surface area is 107 Å². The van der Waals surface area contributed by atoms with Crippen LogP contribution in [-0.4, -0.2) is 11.8 Å². The topological polar surface area (TPSA) is 70.0 Å². The lowest BCUT2D eigenvalue weighted by molar-refractivity contribution is -0.134. The molecule has 1 aliphatic heterocycles. The van der Waals surface area contributed by atoms with E-state index in [1.54, 1.807) is 18.2 Å². The van der Waals surface area contributed by atoms with Gasteiger partial charge in [-0.25, -0.2) is 0 Å². The van der Waals surface area contributed by atoms with Gasteiger partial charge in [0.2, 0.25) is 11.8 Å². The van der Waals surface area contributed by atoms with Crippen LogP contribution in [0.1, 0.15) is 29.9 Å². The highest BCUT2D eigenvalue weighted by molar-refractivity contribution is 9.10. The molecular weight excluding hydrogens is 284 g/mol. The van der Waals surface area contributed by atoms with Crippen LogP contribution in [-0.2, 0) is 9.59 Å². The van der Waals surface area contributed by atoms with Crippen LogP contribution < -0.4 is 5.32 Å². The molecule has 1 heterocycles. The van der Waals surface area contributed by atoms with Crippen molar-refractivity contribution in [1.82, 2.24) is 5.32 Å². The normalized spacial score (nSPS) is 19.6. The molecule has 1 fully saturated rings. The van der Waals surface area contributed by atoms with Crippen molar-refractivity contribution in [3.63, 3.8) is 0 Å². The van der Waals surface area contributed by atoms with Crippen molar-refractivity contribution in [1.29, 1.82) is 5.26 Å². The Balaban J connectivity index is 2.32. The number of hydrogen-bond acceptors (Lipinski definition) is 3. The van der Waals surface area contributed by atoms with Crippen molar-refractivity contribution in [2.75, 3.05) is 0 Å². The van der Waals surface area contributed by atoms with Crippen molar-refractivity contribution in [3.05, 3.63) is 33.8 Å². The maximum absolute atomic E-state index is 11.7. The molecular formula is C12H9BrN2O2. The number of imide groups is 1. The third-order valence-corrected chi connectivity index (χ3v) is 3.44. The molecule has 0 spiro atoms. The first-order valence-corrected chi connectivity index (χ1v) is 5.94. The average molecular weight is 293 g/mol. The van der Waals surface area contributed by atoms with Crippen LogP contribution in [0.5, 0.6) is 0 Å². The maximum Gasteiger partial charge on any atom is 0.234 e. The molecule has 0 saturated carbocycles. The second kappa shape index (κ2) is 4.68. The largest absolute Gasteiger partial charge is 0.296 e. The molecule has 0 aliphatic carbocycles. The summed E-state index contributed by atoms with van der Waals surface area (Å²) in [6.45, 7) is 0. The predicted molar refractivity (Wildman–Crippen MR) is 64.0 cm³/mol. The van der Waals surface area contributed by atoms with E-state index in [9.17, 15) is 9.59 Å². The summed E-state index contributed by atoms with van der Waals surface area (Å²) in [7, 11) is 0. The summed E-state index contributed by atoms with van der Waals surface area (Å²) in [4.78, 5) is 22.7. The number of piperidine rings is 1. The van der Waals surface area contributed by atoms with Gasteiger partial charge in [-0.05, 0) is 40.0 Å². The van der Waals surface area contributed by atoms with E-state index in [0.29, 0.717) is 22.9 Å². The zero-order valence-corrected chi connectivity index (χ0v) is 10.5. The monoisotopic (exact) mass is 292 g/mol. The highest BCUT2D eigenvalue weighted by Gasteiger charge is 2.28. The van der Waals surface area contributed by atoms with Crippen LogP contribution in [0, 0.1) is 11.3 Å². The van der Waals surface area contributed by atoms with E-state index in [1.165, 1.54) is 0 Å². The molecule has 0 aromatic heterocycles. The number of halogens is 1. The van der Waals surface area contributed by atoms with Crippen LogP contribution in [0.2, 0.25) is 0 Å². The molecule has 0 radical (unpaired) electrons. The summed E-state index contributed by atoms with van der Waals surface area (Å²) in [5.74, 6) is -0.857. The van der Waals surface area contributed by atoms with Crippen molar-refractivity contribution < 1.29 is 9.59 Å². The highest BCUT2D eigenvalue weighted by Crippen LogP contribution is 2.27.